The Bertz CT molecular complexity index is 1240. The van der Waals surface area contributed by atoms with Crippen molar-refractivity contribution in [1.82, 2.24) is 29.3 Å². The van der Waals surface area contributed by atoms with Gasteiger partial charge in [-0.25, -0.2) is 19.6 Å². The largest absolute Gasteiger partial charge is 0.323 e. The predicted molar refractivity (Wildman–Crippen MR) is 108 cm³/mol. The van der Waals surface area contributed by atoms with E-state index in [1.165, 1.54) is 23.3 Å². The van der Waals surface area contributed by atoms with Crippen LogP contribution in [0.15, 0.2) is 53.8 Å². The molecular weight excluding hydrogens is 370 g/mol. The standard InChI is InChI=1S/C20H19N7O2/c1-13-9-14(2)27(25-13)20-21-10-15(11-22-20)24-18(28)7-8-26-12-23-17-6-4-3-5-16(17)19(26)29/h3-6,9-12H,7-8H2,1-2H3,(H,24,28). The minimum atomic E-state index is -0.243. The summed E-state index contributed by atoms with van der Waals surface area (Å²) in [6.07, 6.45) is 4.64. The fourth-order valence-electron chi connectivity index (χ4n) is 3.04. The van der Waals surface area contributed by atoms with E-state index in [0.717, 1.165) is 11.4 Å². The monoisotopic (exact) mass is 389 g/mol. The van der Waals surface area contributed by atoms with Gasteiger partial charge in [0.2, 0.25) is 5.91 Å². The first-order valence-corrected chi connectivity index (χ1v) is 9.11. The minimum absolute atomic E-state index is 0.124. The molecule has 9 nitrogen and oxygen atoms in total. The van der Waals surface area contributed by atoms with Crippen molar-refractivity contribution in [2.75, 3.05) is 5.32 Å². The molecule has 3 heterocycles. The molecule has 4 aromatic rings. The van der Waals surface area contributed by atoms with Gasteiger partial charge in [0.05, 0.1) is 41.0 Å². The van der Waals surface area contributed by atoms with Gasteiger partial charge in [-0.3, -0.25) is 14.2 Å². The molecule has 0 bridgehead atoms. The lowest BCUT2D eigenvalue weighted by Gasteiger charge is -2.08. The van der Waals surface area contributed by atoms with Gasteiger partial charge < -0.3 is 5.32 Å². The van der Waals surface area contributed by atoms with Gasteiger partial charge in [-0.15, -0.1) is 0 Å². The number of anilines is 1. The fraction of sp³-hybridized carbons (Fsp3) is 0.200. The third-order valence-corrected chi connectivity index (χ3v) is 4.43. The van der Waals surface area contributed by atoms with E-state index in [9.17, 15) is 9.59 Å². The summed E-state index contributed by atoms with van der Waals surface area (Å²) < 4.78 is 3.07. The second-order valence-electron chi connectivity index (χ2n) is 6.67. The molecule has 0 unspecified atom stereocenters. The Morgan fingerprint density at radius 2 is 1.86 bits per heavy atom. The molecule has 0 atom stereocenters. The molecule has 1 aromatic carbocycles. The highest BCUT2D eigenvalue weighted by Gasteiger charge is 2.09. The molecule has 0 fully saturated rings. The topological polar surface area (TPSA) is 108 Å². The summed E-state index contributed by atoms with van der Waals surface area (Å²) >= 11 is 0. The van der Waals surface area contributed by atoms with Crippen LogP contribution in [0.3, 0.4) is 0 Å². The molecule has 0 aliphatic heterocycles. The fourth-order valence-corrected chi connectivity index (χ4v) is 3.04. The summed E-state index contributed by atoms with van der Waals surface area (Å²) in [5, 5.41) is 7.60. The number of rotatable bonds is 5. The Morgan fingerprint density at radius 1 is 1.10 bits per heavy atom. The van der Waals surface area contributed by atoms with E-state index in [1.54, 1.807) is 22.9 Å². The van der Waals surface area contributed by atoms with Crippen LogP contribution in [0.1, 0.15) is 17.8 Å². The van der Waals surface area contributed by atoms with Gasteiger partial charge in [0, 0.05) is 18.7 Å². The van der Waals surface area contributed by atoms with E-state index in [0.29, 0.717) is 22.5 Å². The smallest absolute Gasteiger partial charge is 0.261 e. The molecule has 146 valence electrons. The van der Waals surface area contributed by atoms with Crippen LogP contribution in [0, 0.1) is 13.8 Å². The van der Waals surface area contributed by atoms with E-state index >= 15 is 0 Å². The van der Waals surface area contributed by atoms with E-state index < -0.39 is 0 Å². The Labute approximate surface area is 166 Å². The van der Waals surface area contributed by atoms with Crippen LogP contribution in [-0.2, 0) is 11.3 Å². The van der Waals surface area contributed by atoms with Gasteiger partial charge in [0.15, 0.2) is 0 Å². The van der Waals surface area contributed by atoms with Gasteiger partial charge in [0.1, 0.15) is 0 Å². The van der Waals surface area contributed by atoms with Crippen molar-refractivity contribution in [2.45, 2.75) is 26.8 Å². The summed E-state index contributed by atoms with van der Waals surface area (Å²) in [6.45, 7) is 4.05. The summed E-state index contributed by atoms with van der Waals surface area (Å²) in [5.74, 6) is 0.190. The van der Waals surface area contributed by atoms with Crippen molar-refractivity contribution in [3.8, 4) is 5.95 Å². The number of benzene rings is 1. The number of nitrogens with one attached hydrogen (secondary N) is 1. The van der Waals surface area contributed by atoms with Crippen LogP contribution in [0.4, 0.5) is 5.69 Å². The molecule has 29 heavy (non-hydrogen) atoms. The highest BCUT2D eigenvalue weighted by molar-refractivity contribution is 5.90. The maximum Gasteiger partial charge on any atom is 0.261 e. The number of aromatic nitrogens is 6. The van der Waals surface area contributed by atoms with Gasteiger partial charge in [-0.1, -0.05) is 12.1 Å². The van der Waals surface area contributed by atoms with Crippen LogP contribution in [0.5, 0.6) is 0 Å². The summed E-state index contributed by atoms with van der Waals surface area (Å²) in [6, 6.07) is 9.06. The SMILES string of the molecule is Cc1cc(C)n(-c2ncc(NC(=O)CCn3cnc4ccccc4c3=O)cn2)n1. The number of hydrogen-bond acceptors (Lipinski definition) is 6. The van der Waals surface area contributed by atoms with E-state index in [-0.39, 0.29) is 24.4 Å². The van der Waals surface area contributed by atoms with Crippen molar-refractivity contribution >= 4 is 22.5 Å². The molecule has 9 heteroatoms. The van der Waals surface area contributed by atoms with Crippen LogP contribution in [-0.4, -0.2) is 35.2 Å². The van der Waals surface area contributed by atoms with Crippen molar-refractivity contribution in [3.63, 3.8) is 0 Å². The summed E-state index contributed by atoms with van der Waals surface area (Å²) in [5.41, 5.74) is 2.75. The average molecular weight is 389 g/mol. The molecule has 3 aromatic heterocycles. The molecule has 0 aliphatic rings. The number of nitrogens with zero attached hydrogens (tertiary/aromatic N) is 6. The number of aryl methyl sites for hydroxylation is 3. The first-order valence-electron chi connectivity index (χ1n) is 9.11. The zero-order valence-electron chi connectivity index (χ0n) is 16.0. The van der Waals surface area contributed by atoms with Crippen LogP contribution < -0.4 is 10.9 Å². The highest BCUT2D eigenvalue weighted by atomic mass is 16.2. The maximum atomic E-state index is 12.5. The maximum absolute atomic E-state index is 12.5. The van der Waals surface area contributed by atoms with E-state index in [1.807, 2.05) is 26.0 Å². The van der Waals surface area contributed by atoms with Crippen LogP contribution >= 0.6 is 0 Å². The zero-order valence-corrected chi connectivity index (χ0v) is 16.0. The Kier molecular flexibility index (Phi) is 4.86. The number of amides is 1. The predicted octanol–water partition coefficient (Wildman–Crippen LogP) is 2.02. The molecule has 1 N–H and O–H groups in total. The number of para-hydroxylation sites is 1. The number of carbonyl (C=O) groups is 1. The van der Waals surface area contributed by atoms with E-state index in [2.05, 4.69) is 25.4 Å². The summed E-state index contributed by atoms with van der Waals surface area (Å²) in [4.78, 5) is 37.5. The minimum Gasteiger partial charge on any atom is -0.323 e. The number of carbonyl (C=O) groups excluding carboxylic acids is 1. The zero-order chi connectivity index (χ0) is 20.4. The number of hydrogen-bond donors (Lipinski definition) is 1. The van der Waals surface area contributed by atoms with Gasteiger partial charge >= 0.3 is 0 Å². The highest BCUT2D eigenvalue weighted by Crippen LogP contribution is 2.10. The van der Waals surface area contributed by atoms with Gasteiger partial charge in [0.25, 0.3) is 11.5 Å². The quantitative estimate of drug-likeness (QED) is 0.559. The van der Waals surface area contributed by atoms with Crippen molar-refractivity contribution in [2.24, 2.45) is 0 Å². The second-order valence-corrected chi connectivity index (χ2v) is 6.67. The molecule has 4 rings (SSSR count). The number of fused-ring (bicyclic) bond motifs is 1. The lowest BCUT2D eigenvalue weighted by Crippen LogP contribution is -2.23. The molecule has 0 saturated carbocycles. The molecule has 1 amide bonds. The first-order chi connectivity index (χ1) is 14.0. The Balaban J connectivity index is 1.41. The molecule has 0 aliphatic carbocycles. The Hall–Kier alpha value is -3.88. The molecule has 0 saturated heterocycles. The summed E-state index contributed by atoms with van der Waals surface area (Å²) in [7, 11) is 0. The second kappa shape index (κ2) is 7.63. The van der Waals surface area contributed by atoms with E-state index in [4.69, 9.17) is 0 Å². The third-order valence-electron chi connectivity index (χ3n) is 4.43. The lowest BCUT2D eigenvalue weighted by atomic mass is 10.2. The van der Waals surface area contributed by atoms with Crippen molar-refractivity contribution < 1.29 is 4.79 Å². The van der Waals surface area contributed by atoms with Crippen molar-refractivity contribution in [1.29, 1.82) is 0 Å². The molecule has 0 spiro atoms. The molecular formula is C20H19N7O2. The molecule has 0 radical (unpaired) electrons. The van der Waals surface area contributed by atoms with Crippen LogP contribution in [0.2, 0.25) is 0 Å². The first kappa shape index (κ1) is 18.5. The van der Waals surface area contributed by atoms with Gasteiger partial charge in [-0.05, 0) is 32.0 Å². The normalized spacial score (nSPS) is 11.0. The lowest BCUT2D eigenvalue weighted by molar-refractivity contribution is -0.116. The Morgan fingerprint density at radius 3 is 2.59 bits per heavy atom. The average Bonchev–Trinajstić information content (AvgIpc) is 3.06. The third kappa shape index (κ3) is 3.88. The van der Waals surface area contributed by atoms with Crippen molar-refractivity contribution in [3.05, 3.63) is 70.8 Å². The van der Waals surface area contributed by atoms with Gasteiger partial charge in [-0.2, -0.15) is 5.10 Å². The van der Waals surface area contributed by atoms with Crippen LogP contribution in [0.25, 0.3) is 16.9 Å².